The molecular weight excluding hydrogens is 162 g/mol. The van der Waals surface area contributed by atoms with Gasteiger partial charge in [-0.2, -0.15) is 0 Å². The molecule has 13 heavy (non-hydrogen) atoms. The highest BCUT2D eigenvalue weighted by Gasteiger charge is 2.30. The summed E-state index contributed by atoms with van der Waals surface area (Å²) in [5.41, 5.74) is 0. The fourth-order valence-corrected chi connectivity index (χ4v) is 2.13. The summed E-state index contributed by atoms with van der Waals surface area (Å²) in [7, 11) is 0. The van der Waals surface area contributed by atoms with Gasteiger partial charge in [-0.3, -0.25) is 0 Å². The molecule has 78 valence electrons. The Bertz CT molecular complexity index is 147. The van der Waals surface area contributed by atoms with Crippen LogP contribution in [0.25, 0.3) is 0 Å². The third-order valence-electron chi connectivity index (χ3n) is 2.82. The first-order valence-electron chi connectivity index (χ1n) is 5.54. The van der Waals surface area contributed by atoms with Crippen molar-refractivity contribution < 1.29 is 4.74 Å². The van der Waals surface area contributed by atoms with Crippen molar-refractivity contribution in [1.29, 1.82) is 0 Å². The zero-order valence-electron chi connectivity index (χ0n) is 9.34. The van der Waals surface area contributed by atoms with E-state index in [1.54, 1.807) is 0 Å². The zero-order chi connectivity index (χ0) is 9.84. The topological polar surface area (TPSA) is 21.3 Å². The summed E-state index contributed by atoms with van der Waals surface area (Å²) in [6, 6.07) is 0.537. The fourth-order valence-electron chi connectivity index (χ4n) is 2.13. The fraction of sp³-hybridized carbons (Fsp3) is 1.00. The highest BCUT2D eigenvalue weighted by atomic mass is 16.5. The minimum absolute atomic E-state index is 0.440. The molecule has 1 rings (SSSR count). The van der Waals surface area contributed by atoms with Gasteiger partial charge in [0.25, 0.3) is 0 Å². The molecule has 0 aromatic rings. The van der Waals surface area contributed by atoms with Crippen LogP contribution in [0.5, 0.6) is 0 Å². The van der Waals surface area contributed by atoms with Crippen molar-refractivity contribution in [3.8, 4) is 0 Å². The number of ether oxygens (including phenoxy) is 1. The Hall–Kier alpha value is -0.0800. The molecule has 3 unspecified atom stereocenters. The number of likely N-dealkylation sites (N-methyl/N-ethyl adjacent to an activating group) is 1. The smallest absolute Gasteiger partial charge is 0.0735 e. The summed E-state index contributed by atoms with van der Waals surface area (Å²) >= 11 is 0. The van der Waals surface area contributed by atoms with Crippen LogP contribution in [0.1, 0.15) is 40.5 Å². The Kier molecular flexibility index (Phi) is 4.20. The second-order valence-electron chi connectivity index (χ2n) is 4.39. The van der Waals surface area contributed by atoms with Crippen LogP contribution in [0.15, 0.2) is 0 Å². The Morgan fingerprint density at radius 1 is 1.38 bits per heavy atom. The maximum absolute atomic E-state index is 5.87. The predicted molar refractivity (Wildman–Crippen MR) is 55.9 cm³/mol. The van der Waals surface area contributed by atoms with Gasteiger partial charge in [0, 0.05) is 6.04 Å². The van der Waals surface area contributed by atoms with E-state index in [-0.39, 0.29) is 0 Å². The first-order chi connectivity index (χ1) is 6.15. The van der Waals surface area contributed by atoms with E-state index in [9.17, 15) is 0 Å². The summed E-state index contributed by atoms with van der Waals surface area (Å²) < 4.78 is 5.87. The van der Waals surface area contributed by atoms with Gasteiger partial charge in [0.1, 0.15) is 0 Å². The monoisotopic (exact) mass is 185 g/mol. The van der Waals surface area contributed by atoms with Crippen molar-refractivity contribution in [1.82, 2.24) is 5.32 Å². The van der Waals surface area contributed by atoms with E-state index in [0.717, 1.165) is 6.54 Å². The minimum Gasteiger partial charge on any atom is -0.374 e. The van der Waals surface area contributed by atoms with Crippen molar-refractivity contribution in [3.05, 3.63) is 0 Å². The molecule has 1 heterocycles. The van der Waals surface area contributed by atoms with Crippen LogP contribution in [0.4, 0.5) is 0 Å². The Labute approximate surface area is 82.0 Å². The van der Waals surface area contributed by atoms with Crippen molar-refractivity contribution in [3.63, 3.8) is 0 Å². The van der Waals surface area contributed by atoms with Crippen molar-refractivity contribution in [2.75, 3.05) is 6.54 Å². The van der Waals surface area contributed by atoms with Gasteiger partial charge in [-0.15, -0.1) is 0 Å². The number of rotatable bonds is 4. The number of hydrogen-bond donors (Lipinski definition) is 1. The third-order valence-corrected chi connectivity index (χ3v) is 2.82. The van der Waals surface area contributed by atoms with Crippen molar-refractivity contribution >= 4 is 0 Å². The van der Waals surface area contributed by atoms with Crippen LogP contribution in [-0.4, -0.2) is 24.8 Å². The van der Waals surface area contributed by atoms with E-state index >= 15 is 0 Å². The Morgan fingerprint density at radius 3 is 2.46 bits per heavy atom. The maximum atomic E-state index is 5.87. The number of hydrogen-bond acceptors (Lipinski definition) is 2. The molecule has 0 radical (unpaired) electrons. The molecule has 1 aliphatic heterocycles. The van der Waals surface area contributed by atoms with E-state index < -0.39 is 0 Å². The molecule has 0 spiro atoms. The summed E-state index contributed by atoms with van der Waals surface area (Å²) in [5.74, 6) is 0.662. The number of nitrogens with one attached hydrogen (secondary N) is 1. The van der Waals surface area contributed by atoms with Gasteiger partial charge in [-0.1, -0.05) is 20.8 Å². The lowest BCUT2D eigenvalue weighted by Crippen LogP contribution is -2.43. The van der Waals surface area contributed by atoms with E-state index in [1.165, 1.54) is 12.8 Å². The lowest BCUT2D eigenvalue weighted by molar-refractivity contribution is 0.0216. The second kappa shape index (κ2) is 4.97. The molecule has 1 fully saturated rings. The summed E-state index contributed by atoms with van der Waals surface area (Å²) in [5, 5.41) is 3.52. The van der Waals surface area contributed by atoms with Crippen LogP contribution >= 0.6 is 0 Å². The molecule has 1 N–H and O–H groups in total. The van der Waals surface area contributed by atoms with Crippen molar-refractivity contribution in [2.24, 2.45) is 5.92 Å². The summed E-state index contributed by atoms with van der Waals surface area (Å²) in [6.07, 6.45) is 3.34. The average molecular weight is 185 g/mol. The maximum Gasteiger partial charge on any atom is 0.0735 e. The molecule has 3 atom stereocenters. The molecule has 0 aromatic heterocycles. The third kappa shape index (κ3) is 2.96. The SMILES string of the molecule is CCNC(C(C)C)C1CCC(C)O1. The lowest BCUT2D eigenvalue weighted by atomic mass is 9.96. The van der Waals surface area contributed by atoms with Crippen LogP contribution in [0.3, 0.4) is 0 Å². The van der Waals surface area contributed by atoms with E-state index in [4.69, 9.17) is 4.74 Å². The Balaban J connectivity index is 2.44. The van der Waals surface area contributed by atoms with Gasteiger partial charge in [0.05, 0.1) is 12.2 Å². The Morgan fingerprint density at radius 2 is 2.08 bits per heavy atom. The largest absolute Gasteiger partial charge is 0.374 e. The molecule has 0 bridgehead atoms. The van der Waals surface area contributed by atoms with Crippen molar-refractivity contribution in [2.45, 2.75) is 58.8 Å². The molecule has 1 aliphatic rings. The minimum atomic E-state index is 0.440. The van der Waals surface area contributed by atoms with E-state index in [0.29, 0.717) is 24.2 Å². The molecular formula is C11H23NO. The highest BCUT2D eigenvalue weighted by Crippen LogP contribution is 2.24. The van der Waals surface area contributed by atoms with E-state index in [1.807, 2.05) is 0 Å². The van der Waals surface area contributed by atoms with Gasteiger partial charge in [0.15, 0.2) is 0 Å². The quantitative estimate of drug-likeness (QED) is 0.725. The summed E-state index contributed by atoms with van der Waals surface area (Å²) in [4.78, 5) is 0. The molecule has 2 heteroatoms. The summed E-state index contributed by atoms with van der Waals surface area (Å²) in [6.45, 7) is 9.90. The van der Waals surface area contributed by atoms with Gasteiger partial charge in [-0.25, -0.2) is 0 Å². The first-order valence-corrected chi connectivity index (χ1v) is 5.54. The van der Waals surface area contributed by atoms with Crippen LogP contribution in [0, 0.1) is 5.92 Å². The van der Waals surface area contributed by atoms with Crippen LogP contribution in [-0.2, 0) is 4.74 Å². The molecule has 0 amide bonds. The van der Waals surface area contributed by atoms with Gasteiger partial charge in [0.2, 0.25) is 0 Å². The van der Waals surface area contributed by atoms with Crippen LogP contribution < -0.4 is 5.32 Å². The van der Waals surface area contributed by atoms with Gasteiger partial charge in [-0.05, 0) is 32.2 Å². The molecule has 0 saturated carbocycles. The van der Waals surface area contributed by atoms with Gasteiger partial charge < -0.3 is 10.1 Å². The molecule has 1 saturated heterocycles. The standard InChI is InChI=1S/C11H23NO/c1-5-12-11(8(2)3)10-7-6-9(4)13-10/h8-12H,5-7H2,1-4H3. The first kappa shape index (κ1) is 11.0. The molecule has 2 nitrogen and oxygen atoms in total. The van der Waals surface area contributed by atoms with Crippen LogP contribution in [0.2, 0.25) is 0 Å². The molecule has 0 aromatic carbocycles. The second-order valence-corrected chi connectivity index (χ2v) is 4.39. The van der Waals surface area contributed by atoms with Gasteiger partial charge >= 0.3 is 0 Å². The lowest BCUT2D eigenvalue weighted by Gasteiger charge is -2.27. The normalized spacial score (nSPS) is 31.2. The average Bonchev–Trinajstić information content (AvgIpc) is 2.46. The molecule has 0 aliphatic carbocycles. The van der Waals surface area contributed by atoms with E-state index in [2.05, 4.69) is 33.0 Å². The zero-order valence-corrected chi connectivity index (χ0v) is 9.34. The predicted octanol–water partition coefficient (Wildman–Crippen LogP) is 2.19. The highest BCUT2D eigenvalue weighted by molar-refractivity contribution is 4.84.